The summed E-state index contributed by atoms with van der Waals surface area (Å²) in [5.74, 6) is 0. The Morgan fingerprint density at radius 3 is 1.56 bits per heavy atom. The van der Waals surface area contributed by atoms with Crippen molar-refractivity contribution >= 4 is 43.2 Å². The number of nitrogens with zero attached hydrogens (tertiary/aromatic N) is 1. The lowest BCUT2D eigenvalue weighted by Crippen LogP contribution is -1.96. The van der Waals surface area contributed by atoms with Crippen molar-refractivity contribution in [3.8, 4) is 61.3 Å². The van der Waals surface area contributed by atoms with Crippen LogP contribution >= 0.6 is 11.3 Å². The van der Waals surface area contributed by atoms with Gasteiger partial charge in [-0.1, -0.05) is 152 Å². The number of benzene rings is 8. The number of fused-ring (bicyclic) bond motifs is 5. The Morgan fingerprint density at radius 2 is 0.923 bits per heavy atom. The van der Waals surface area contributed by atoms with E-state index in [1.54, 1.807) is 0 Å². The first-order chi connectivity index (χ1) is 25.8. The molecule has 0 aliphatic carbocycles. The molecule has 0 saturated carbocycles. The minimum absolute atomic E-state index is 1.16. The maximum Gasteiger partial charge on any atom is 0.0719 e. The van der Waals surface area contributed by atoms with Crippen molar-refractivity contribution in [3.05, 3.63) is 200 Å². The fraction of sp³-hybridized carbons (Fsp3) is 0. The van der Waals surface area contributed by atoms with Crippen molar-refractivity contribution in [2.45, 2.75) is 0 Å². The van der Waals surface area contributed by atoms with Gasteiger partial charge in [0.05, 0.1) is 15.7 Å². The number of thiophene rings is 1. The highest BCUT2D eigenvalue weighted by Crippen LogP contribution is 2.43. The Balaban J connectivity index is 1.25. The molecule has 0 radical (unpaired) electrons. The van der Waals surface area contributed by atoms with Crippen LogP contribution in [-0.2, 0) is 0 Å². The molecule has 0 aliphatic heterocycles. The maximum atomic E-state index is 2.50. The van der Waals surface area contributed by atoms with E-state index in [1.165, 1.54) is 87.5 Å². The lowest BCUT2D eigenvalue weighted by Gasteiger charge is -2.15. The second kappa shape index (κ2) is 12.7. The first-order valence-corrected chi connectivity index (χ1v) is 18.6. The molecule has 10 rings (SSSR count). The van der Waals surface area contributed by atoms with Crippen molar-refractivity contribution in [2.75, 3.05) is 0 Å². The Hall–Kier alpha value is -6.48. The van der Waals surface area contributed by atoms with Crippen molar-refractivity contribution in [3.63, 3.8) is 0 Å². The van der Waals surface area contributed by atoms with E-state index in [0.29, 0.717) is 0 Å². The predicted octanol–water partition coefficient (Wildman–Crippen LogP) is 14.3. The van der Waals surface area contributed by atoms with E-state index in [4.69, 9.17) is 0 Å². The Bertz CT molecular complexity index is 2810. The van der Waals surface area contributed by atoms with E-state index in [-0.39, 0.29) is 0 Å². The molecule has 0 atom stereocenters. The largest absolute Gasteiger partial charge is 0.308 e. The molecule has 2 heteroatoms. The highest BCUT2D eigenvalue weighted by molar-refractivity contribution is 7.18. The Kier molecular flexibility index (Phi) is 7.41. The van der Waals surface area contributed by atoms with Crippen LogP contribution in [0.3, 0.4) is 0 Å². The monoisotopic (exact) mass is 679 g/mol. The zero-order chi connectivity index (χ0) is 34.4. The first-order valence-electron chi connectivity index (χ1n) is 17.7. The maximum absolute atomic E-state index is 2.50. The number of rotatable bonds is 6. The van der Waals surface area contributed by atoms with Crippen LogP contribution in [0.1, 0.15) is 0 Å². The van der Waals surface area contributed by atoms with Crippen LogP contribution in [-0.4, -0.2) is 4.57 Å². The van der Waals surface area contributed by atoms with Crippen LogP contribution in [0.5, 0.6) is 0 Å². The van der Waals surface area contributed by atoms with Gasteiger partial charge in [-0.15, -0.1) is 11.3 Å². The number of hydrogen-bond donors (Lipinski definition) is 0. The van der Waals surface area contributed by atoms with E-state index in [0.717, 1.165) is 5.69 Å². The highest BCUT2D eigenvalue weighted by atomic mass is 32.1. The van der Waals surface area contributed by atoms with Crippen LogP contribution in [0.4, 0.5) is 0 Å². The summed E-state index contributed by atoms with van der Waals surface area (Å²) in [4.78, 5) is 0. The summed E-state index contributed by atoms with van der Waals surface area (Å²) in [6.07, 6.45) is 0. The average Bonchev–Trinajstić information content (AvgIpc) is 3.84. The van der Waals surface area contributed by atoms with Crippen molar-refractivity contribution in [1.29, 1.82) is 0 Å². The minimum Gasteiger partial charge on any atom is -0.308 e. The Labute approximate surface area is 307 Å². The van der Waals surface area contributed by atoms with Gasteiger partial charge in [-0.25, -0.2) is 0 Å². The molecule has 0 aliphatic rings. The summed E-state index contributed by atoms with van der Waals surface area (Å²) in [6.45, 7) is 0. The summed E-state index contributed by atoms with van der Waals surface area (Å²) < 4.78 is 3.81. The molecule has 10 aromatic rings. The van der Waals surface area contributed by atoms with Crippen LogP contribution in [0, 0.1) is 0 Å². The normalized spacial score (nSPS) is 11.5. The van der Waals surface area contributed by atoms with Gasteiger partial charge in [-0.3, -0.25) is 0 Å². The summed E-state index contributed by atoms with van der Waals surface area (Å²) in [5.41, 5.74) is 15.7. The molecule has 0 unspecified atom stereocenters. The van der Waals surface area contributed by atoms with Gasteiger partial charge >= 0.3 is 0 Å². The fourth-order valence-corrected chi connectivity index (χ4v) is 8.69. The van der Waals surface area contributed by atoms with E-state index in [1.807, 2.05) is 11.3 Å². The van der Waals surface area contributed by atoms with E-state index in [9.17, 15) is 0 Å². The summed E-state index contributed by atoms with van der Waals surface area (Å²) in [5, 5.41) is 6.00. The van der Waals surface area contributed by atoms with Gasteiger partial charge in [-0.2, -0.15) is 0 Å². The zero-order valence-electron chi connectivity index (χ0n) is 28.4. The number of hydrogen-bond acceptors (Lipinski definition) is 1. The molecule has 0 spiro atoms. The standard InChI is InChI=1S/C50H33NS/c1-5-13-34(14-6-1)39-22-24-44(37-19-11-4-12-20-37)46(32-39)40-23-26-48-47(33-40)45-25-21-38-27-28-52-50(38)49(45)51(48)43-30-41(35-15-7-2-8-16-35)29-42(31-43)36-17-9-3-10-18-36/h1-33H. The Morgan fingerprint density at radius 1 is 0.346 bits per heavy atom. The van der Waals surface area contributed by atoms with Crippen molar-refractivity contribution in [2.24, 2.45) is 0 Å². The molecule has 1 nitrogen and oxygen atoms in total. The van der Waals surface area contributed by atoms with Crippen LogP contribution in [0.15, 0.2) is 200 Å². The van der Waals surface area contributed by atoms with Gasteiger partial charge in [0.25, 0.3) is 0 Å². The molecule has 244 valence electrons. The molecule has 0 amide bonds. The zero-order valence-corrected chi connectivity index (χ0v) is 29.2. The number of aromatic nitrogens is 1. The van der Waals surface area contributed by atoms with E-state index >= 15 is 0 Å². The molecular weight excluding hydrogens is 647 g/mol. The predicted molar refractivity (Wildman–Crippen MR) is 223 cm³/mol. The van der Waals surface area contributed by atoms with Crippen molar-refractivity contribution in [1.82, 2.24) is 4.57 Å². The summed E-state index contributed by atoms with van der Waals surface area (Å²) >= 11 is 1.82. The summed E-state index contributed by atoms with van der Waals surface area (Å²) in [6, 6.07) is 70.8. The quantitative estimate of drug-likeness (QED) is 0.165. The van der Waals surface area contributed by atoms with Crippen LogP contribution < -0.4 is 0 Å². The smallest absolute Gasteiger partial charge is 0.0719 e. The molecule has 52 heavy (non-hydrogen) atoms. The van der Waals surface area contributed by atoms with Gasteiger partial charge in [0.15, 0.2) is 0 Å². The fourth-order valence-electron chi connectivity index (χ4n) is 7.76. The molecule has 0 bridgehead atoms. The van der Waals surface area contributed by atoms with Crippen LogP contribution in [0.2, 0.25) is 0 Å². The van der Waals surface area contributed by atoms with Gasteiger partial charge < -0.3 is 4.57 Å². The van der Waals surface area contributed by atoms with Gasteiger partial charge in [0.1, 0.15) is 0 Å². The molecule has 2 heterocycles. The second-order valence-corrected chi connectivity index (χ2v) is 14.3. The topological polar surface area (TPSA) is 4.93 Å². The third-order valence-electron chi connectivity index (χ3n) is 10.3. The van der Waals surface area contributed by atoms with Gasteiger partial charge in [-0.05, 0) is 109 Å². The third-order valence-corrected chi connectivity index (χ3v) is 11.2. The van der Waals surface area contributed by atoms with Gasteiger partial charge in [0, 0.05) is 16.5 Å². The lowest BCUT2D eigenvalue weighted by molar-refractivity contribution is 1.19. The van der Waals surface area contributed by atoms with Crippen LogP contribution in [0.25, 0.3) is 93.2 Å². The molecular formula is C50H33NS. The first kappa shape index (κ1) is 30.4. The van der Waals surface area contributed by atoms with Gasteiger partial charge in [0.2, 0.25) is 0 Å². The average molecular weight is 680 g/mol. The van der Waals surface area contributed by atoms with E-state index in [2.05, 4.69) is 204 Å². The SMILES string of the molecule is c1ccc(-c2cc(-c3ccccc3)cc(-n3c4ccc(-c5cc(-c6ccccc6)ccc5-c5ccccc5)cc4c4ccc5ccsc5c43)c2)cc1. The third kappa shape index (κ3) is 5.24. The molecule has 0 N–H and O–H groups in total. The molecule has 0 saturated heterocycles. The van der Waals surface area contributed by atoms with E-state index < -0.39 is 0 Å². The molecule has 8 aromatic carbocycles. The molecule has 2 aromatic heterocycles. The van der Waals surface area contributed by atoms with Crippen molar-refractivity contribution < 1.29 is 0 Å². The lowest BCUT2D eigenvalue weighted by atomic mass is 9.90. The minimum atomic E-state index is 1.16. The second-order valence-electron chi connectivity index (χ2n) is 13.4. The summed E-state index contributed by atoms with van der Waals surface area (Å²) in [7, 11) is 0. The highest BCUT2D eigenvalue weighted by Gasteiger charge is 2.19. The molecule has 0 fully saturated rings.